The van der Waals surface area contributed by atoms with Crippen LogP contribution in [0.15, 0.2) is 12.3 Å². The zero-order chi connectivity index (χ0) is 13.8. The third-order valence-corrected chi connectivity index (χ3v) is 4.11. The van der Waals surface area contributed by atoms with Gasteiger partial charge in [0.05, 0.1) is 10.6 Å². The smallest absolute Gasteiger partial charge is 0.253 e. The molecule has 0 radical (unpaired) electrons. The molecular formula is C14H20ClN3O. The van der Waals surface area contributed by atoms with Gasteiger partial charge < -0.3 is 11.1 Å². The fraction of sp³-hybridized carbons (Fsp3) is 0.571. The summed E-state index contributed by atoms with van der Waals surface area (Å²) in [6, 6.07) is 1.81. The number of aromatic nitrogens is 1. The summed E-state index contributed by atoms with van der Waals surface area (Å²) in [4.78, 5) is 16.1. The minimum absolute atomic E-state index is 0.117. The van der Waals surface area contributed by atoms with E-state index in [9.17, 15) is 4.79 Å². The molecule has 2 atom stereocenters. The molecule has 3 N–H and O–H groups in total. The van der Waals surface area contributed by atoms with Crippen molar-refractivity contribution in [3.05, 3.63) is 22.8 Å². The standard InChI is InChI=1S/C14H20ClN3O/c1-9-5-3-2-4-6-12(9)18-14(19)10-7-11(15)13(16)17-8-10/h7-9,12H,2-6H2,1H3,(H2,16,17)(H,18,19). The molecule has 1 aromatic rings. The largest absolute Gasteiger partial charge is 0.382 e. The first kappa shape index (κ1) is 14.1. The lowest BCUT2D eigenvalue weighted by Gasteiger charge is -2.22. The molecule has 1 aliphatic rings. The zero-order valence-corrected chi connectivity index (χ0v) is 11.9. The third kappa shape index (κ3) is 3.60. The van der Waals surface area contributed by atoms with Crippen molar-refractivity contribution in [2.45, 2.75) is 45.1 Å². The molecule has 1 aromatic heterocycles. The molecule has 4 nitrogen and oxygen atoms in total. The van der Waals surface area contributed by atoms with Crippen molar-refractivity contribution in [2.24, 2.45) is 5.92 Å². The monoisotopic (exact) mass is 281 g/mol. The van der Waals surface area contributed by atoms with Crippen LogP contribution < -0.4 is 11.1 Å². The summed E-state index contributed by atoms with van der Waals surface area (Å²) in [7, 11) is 0. The van der Waals surface area contributed by atoms with E-state index in [-0.39, 0.29) is 17.8 Å². The Labute approximate surface area is 118 Å². The number of halogens is 1. The van der Waals surface area contributed by atoms with Crippen LogP contribution in [0, 0.1) is 5.92 Å². The van der Waals surface area contributed by atoms with Gasteiger partial charge in [-0.25, -0.2) is 4.98 Å². The minimum atomic E-state index is -0.117. The molecule has 0 spiro atoms. The van der Waals surface area contributed by atoms with E-state index in [1.807, 2.05) is 0 Å². The van der Waals surface area contributed by atoms with Crippen LogP contribution in [-0.2, 0) is 0 Å². The topological polar surface area (TPSA) is 68.0 Å². The summed E-state index contributed by atoms with van der Waals surface area (Å²) in [5.74, 6) is 0.651. The molecule has 0 aromatic carbocycles. The minimum Gasteiger partial charge on any atom is -0.382 e. The number of rotatable bonds is 2. The van der Waals surface area contributed by atoms with E-state index >= 15 is 0 Å². The number of nitrogens with zero attached hydrogens (tertiary/aromatic N) is 1. The molecule has 2 rings (SSSR count). The van der Waals surface area contributed by atoms with Crippen LogP contribution in [0.5, 0.6) is 0 Å². The summed E-state index contributed by atoms with van der Waals surface area (Å²) in [5.41, 5.74) is 6.01. The van der Waals surface area contributed by atoms with Crippen LogP contribution in [0.3, 0.4) is 0 Å². The van der Waals surface area contributed by atoms with Gasteiger partial charge in [-0.15, -0.1) is 0 Å². The number of anilines is 1. The Morgan fingerprint density at radius 3 is 2.89 bits per heavy atom. The molecule has 0 aliphatic heterocycles. The highest BCUT2D eigenvalue weighted by Crippen LogP contribution is 2.23. The van der Waals surface area contributed by atoms with Gasteiger partial charge in [-0.3, -0.25) is 4.79 Å². The number of nitrogens with one attached hydrogen (secondary N) is 1. The number of nitrogens with two attached hydrogens (primary N) is 1. The van der Waals surface area contributed by atoms with Crippen LogP contribution in [-0.4, -0.2) is 16.9 Å². The second-order valence-corrected chi connectivity index (χ2v) is 5.69. The summed E-state index contributed by atoms with van der Waals surface area (Å²) in [5, 5.41) is 3.41. The number of hydrogen-bond acceptors (Lipinski definition) is 3. The highest BCUT2D eigenvalue weighted by molar-refractivity contribution is 6.33. The van der Waals surface area contributed by atoms with Crippen molar-refractivity contribution < 1.29 is 4.79 Å². The lowest BCUT2D eigenvalue weighted by Crippen LogP contribution is -2.38. The Balaban J connectivity index is 2.05. The van der Waals surface area contributed by atoms with Gasteiger partial charge in [-0.1, -0.05) is 37.8 Å². The second-order valence-electron chi connectivity index (χ2n) is 5.29. The van der Waals surface area contributed by atoms with Crippen molar-refractivity contribution >= 4 is 23.3 Å². The van der Waals surface area contributed by atoms with Crippen molar-refractivity contribution in [3.8, 4) is 0 Å². The van der Waals surface area contributed by atoms with Crippen molar-refractivity contribution in [3.63, 3.8) is 0 Å². The van der Waals surface area contributed by atoms with Crippen LogP contribution in [0.4, 0.5) is 5.82 Å². The first-order valence-corrected chi connectivity index (χ1v) is 7.17. The summed E-state index contributed by atoms with van der Waals surface area (Å²) in [6.45, 7) is 2.20. The van der Waals surface area contributed by atoms with E-state index in [0.29, 0.717) is 16.5 Å². The highest BCUT2D eigenvalue weighted by atomic mass is 35.5. The van der Waals surface area contributed by atoms with Crippen LogP contribution in [0.25, 0.3) is 0 Å². The van der Waals surface area contributed by atoms with Gasteiger partial charge in [0.2, 0.25) is 0 Å². The Morgan fingerprint density at radius 2 is 2.16 bits per heavy atom. The lowest BCUT2D eigenvalue weighted by molar-refractivity contribution is 0.0921. The molecule has 19 heavy (non-hydrogen) atoms. The second kappa shape index (κ2) is 6.24. The molecule has 5 heteroatoms. The van der Waals surface area contributed by atoms with Gasteiger partial charge in [0.15, 0.2) is 0 Å². The number of carbonyl (C=O) groups excluding carboxylic acids is 1. The van der Waals surface area contributed by atoms with Crippen LogP contribution in [0.1, 0.15) is 49.4 Å². The van der Waals surface area contributed by atoms with Crippen LogP contribution >= 0.6 is 11.6 Å². The number of carbonyl (C=O) groups is 1. The molecule has 1 heterocycles. The summed E-state index contributed by atoms with van der Waals surface area (Å²) >= 11 is 5.89. The Bertz CT molecular complexity index is 464. The average Bonchev–Trinajstić information content (AvgIpc) is 2.58. The SMILES string of the molecule is CC1CCCCCC1NC(=O)c1cnc(N)c(Cl)c1. The van der Waals surface area contributed by atoms with E-state index < -0.39 is 0 Å². The predicted molar refractivity (Wildman–Crippen MR) is 77.2 cm³/mol. The molecular weight excluding hydrogens is 262 g/mol. The first-order chi connectivity index (χ1) is 9.08. The summed E-state index contributed by atoms with van der Waals surface area (Å²) < 4.78 is 0. The normalized spacial score (nSPS) is 23.7. The predicted octanol–water partition coefficient (Wildman–Crippen LogP) is 3.02. The Morgan fingerprint density at radius 1 is 1.42 bits per heavy atom. The number of hydrogen-bond donors (Lipinski definition) is 2. The Hall–Kier alpha value is -1.29. The number of pyridine rings is 1. The van der Waals surface area contributed by atoms with E-state index in [1.165, 1.54) is 31.9 Å². The highest BCUT2D eigenvalue weighted by Gasteiger charge is 2.22. The molecule has 0 saturated heterocycles. The average molecular weight is 282 g/mol. The maximum Gasteiger partial charge on any atom is 0.253 e. The lowest BCUT2D eigenvalue weighted by atomic mass is 9.97. The quantitative estimate of drug-likeness (QED) is 0.819. The van der Waals surface area contributed by atoms with E-state index in [0.717, 1.165) is 6.42 Å². The van der Waals surface area contributed by atoms with Crippen molar-refractivity contribution in [1.29, 1.82) is 0 Å². The van der Waals surface area contributed by atoms with E-state index in [2.05, 4.69) is 17.2 Å². The van der Waals surface area contributed by atoms with Crippen LogP contribution in [0.2, 0.25) is 5.02 Å². The van der Waals surface area contributed by atoms with Crippen molar-refractivity contribution in [2.75, 3.05) is 5.73 Å². The fourth-order valence-electron chi connectivity index (χ4n) is 2.53. The molecule has 104 valence electrons. The van der Waals surface area contributed by atoms with Gasteiger partial charge in [-0.05, 0) is 24.8 Å². The molecule has 1 amide bonds. The van der Waals surface area contributed by atoms with Crippen molar-refractivity contribution in [1.82, 2.24) is 10.3 Å². The van der Waals surface area contributed by atoms with Gasteiger partial charge in [-0.2, -0.15) is 0 Å². The van der Waals surface area contributed by atoms with Gasteiger partial charge in [0, 0.05) is 12.2 Å². The third-order valence-electron chi connectivity index (χ3n) is 3.81. The maximum atomic E-state index is 12.2. The number of amides is 1. The summed E-state index contributed by atoms with van der Waals surface area (Å²) in [6.07, 6.45) is 7.37. The zero-order valence-electron chi connectivity index (χ0n) is 11.2. The molecule has 1 saturated carbocycles. The fourth-order valence-corrected chi connectivity index (χ4v) is 2.70. The van der Waals surface area contributed by atoms with Gasteiger partial charge in [0.25, 0.3) is 5.91 Å². The molecule has 1 fully saturated rings. The van der Waals surface area contributed by atoms with Gasteiger partial charge in [0.1, 0.15) is 5.82 Å². The van der Waals surface area contributed by atoms with Gasteiger partial charge >= 0.3 is 0 Å². The molecule has 2 unspecified atom stereocenters. The van der Waals surface area contributed by atoms with E-state index in [4.69, 9.17) is 17.3 Å². The molecule has 0 bridgehead atoms. The first-order valence-electron chi connectivity index (χ1n) is 6.80. The molecule has 1 aliphatic carbocycles. The number of nitrogen functional groups attached to an aromatic ring is 1. The Kier molecular flexibility index (Phi) is 4.64. The van der Waals surface area contributed by atoms with E-state index in [1.54, 1.807) is 6.07 Å². The maximum absolute atomic E-state index is 12.2.